The molecule has 0 saturated carbocycles. The van der Waals surface area contributed by atoms with Crippen molar-refractivity contribution in [3.8, 4) is 0 Å². The second-order valence-corrected chi connectivity index (χ2v) is 6.81. The Kier molecular flexibility index (Phi) is 7.79. The molecule has 23 heavy (non-hydrogen) atoms. The predicted octanol–water partition coefficient (Wildman–Crippen LogP) is 3.50. The highest BCUT2D eigenvalue weighted by Crippen LogP contribution is 2.18. The summed E-state index contributed by atoms with van der Waals surface area (Å²) in [6, 6.07) is 7.78. The smallest absolute Gasteiger partial charge is 0.222 e. The van der Waals surface area contributed by atoms with Crippen molar-refractivity contribution in [3.05, 3.63) is 35.4 Å². The maximum atomic E-state index is 12.3. The molecule has 0 bridgehead atoms. The minimum absolute atomic E-state index is 0.0272. The Labute approximate surface area is 140 Å². The first-order valence-corrected chi connectivity index (χ1v) is 8.41. The largest absolute Gasteiger partial charge is 0.354 e. The number of amides is 2. The third kappa shape index (κ3) is 7.82. The lowest BCUT2D eigenvalue weighted by Crippen LogP contribution is -2.36. The summed E-state index contributed by atoms with van der Waals surface area (Å²) in [6.07, 6.45) is 2.32. The van der Waals surface area contributed by atoms with Gasteiger partial charge in [-0.15, -0.1) is 0 Å². The topological polar surface area (TPSA) is 58.2 Å². The third-order valence-electron chi connectivity index (χ3n) is 3.83. The van der Waals surface area contributed by atoms with Crippen LogP contribution in [0.3, 0.4) is 0 Å². The summed E-state index contributed by atoms with van der Waals surface area (Å²) in [7, 11) is 0. The summed E-state index contributed by atoms with van der Waals surface area (Å²) >= 11 is 0. The van der Waals surface area contributed by atoms with Gasteiger partial charge in [-0.3, -0.25) is 9.59 Å². The minimum Gasteiger partial charge on any atom is -0.354 e. The van der Waals surface area contributed by atoms with Crippen LogP contribution in [0.1, 0.15) is 64.1 Å². The zero-order chi connectivity index (χ0) is 17.4. The maximum Gasteiger partial charge on any atom is 0.222 e. The lowest BCUT2D eigenvalue weighted by atomic mass is 10.0. The molecule has 2 atom stereocenters. The Balaban J connectivity index is 2.64. The van der Waals surface area contributed by atoms with E-state index in [1.807, 2.05) is 38.1 Å². The van der Waals surface area contributed by atoms with E-state index in [1.165, 1.54) is 6.92 Å². The van der Waals surface area contributed by atoms with Gasteiger partial charge in [0.05, 0.1) is 12.5 Å². The van der Waals surface area contributed by atoms with Gasteiger partial charge in [-0.2, -0.15) is 0 Å². The molecule has 0 aliphatic heterocycles. The standard InChI is InChI=1S/C19H30N2O2/c1-13(2)6-9-15(4)20-19(23)12-18(21-16(5)22)17-10-7-14(3)8-11-17/h7-8,10-11,13,15,18H,6,9,12H2,1-5H3,(H,20,23)(H,21,22). The molecule has 1 aromatic carbocycles. The van der Waals surface area contributed by atoms with Crippen LogP contribution in [-0.4, -0.2) is 17.9 Å². The summed E-state index contributed by atoms with van der Waals surface area (Å²) in [5.74, 6) is 0.478. The van der Waals surface area contributed by atoms with Crippen molar-refractivity contribution in [1.29, 1.82) is 0 Å². The van der Waals surface area contributed by atoms with E-state index >= 15 is 0 Å². The average Bonchev–Trinajstić information content (AvgIpc) is 2.44. The number of hydrogen-bond donors (Lipinski definition) is 2. The maximum absolute atomic E-state index is 12.3. The van der Waals surface area contributed by atoms with Crippen LogP contribution in [-0.2, 0) is 9.59 Å². The van der Waals surface area contributed by atoms with Gasteiger partial charge >= 0.3 is 0 Å². The molecule has 2 N–H and O–H groups in total. The molecule has 128 valence electrons. The van der Waals surface area contributed by atoms with Crippen LogP contribution in [0, 0.1) is 12.8 Å². The van der Waals surface area contributed by atoms with Gasteiger partial charge in [0.1, 0.15) is 0 Å². The Hall–Kier alpha value is -1.84. The summed E-state index contributed by atoms with van der Waals surface area (Å²) in [5, 5.41) is 5.90. The summed E-state index contributed by atoms with van der Waals surface area (Å²) in [5.41, 5.74) is 2.11. The molecule has 4 nitrogen and oxygen atoms in total. The van der Waals surface area contributed by atoms with Gasteiger partial charge in [0.15, 0.2) is 0 Å². The normalized spacial score (nSPS) is 13.5. The van der Waals surface area contributed by atoms with E-state index in [0.29, 0.717) is 5.92 Å². The number of aryl methyl sites for hydroxylation is 1. The molecule has 0 saturated heterocycles. The Morgan fingerprint density at radius 2 is 1.61 bits per heavy atom. The number of hydrogen-bond acceptors (Lipinski definition) is 2. The van der Waals surface area contributed by atoms with Crippen molar-refractivity contribution < 1.29 is 9.59 Å². The Bertz CT molecular complexity index is 509. The molecular formula is C19H30N2O2. The number of benzene rings is 1. The first kappa shape index (κ1) is 19.2. The van der Waals surface area contributed by atoms with Gasteiger partial charge in [-0.25, -0.2) is 0 Å². The zero-order valence-corrected chi connectivity index (χ0v) is 15.0. The van der Waals surface area contributed by atoms with Crippen LogP contribution in [0.5, 0.6) is 0 Å². The molecule has 1 aromatic rings. The minimum atomic E-state index is -0.287. The lowest BCUT2D eigenvalue weighted by molar-refractivity contribution is -0.123. The van der Waals surface area contributed by atoms with Gasteiger partial charge < -0.3 is 10.6 Å². The van der Waals surface area contributed by atoms with Gasteiger partial charge in [-0.1, -0.05) is 43.7 Å². The molecule has 4 heteroatoms. The number of nitrogens with one attached hydrogen (secondary N) is 2. The van der Waals surface area contributed by atoms with Crippen molar-refractivity contribution in [2.45, 2.75) is 66.0 Å². The number of carbonyl (C=O) groups excluding carboxylic acids is 2. The lowest BCUT2D eigenvalue weighted by Gasteiger charge is -2.20. The Morgan fingerprint density at radius 3 is 2.13 bits per heavy atom. The molecule has 0 fully saturated rings. The van der Waals surface area contributed by atoms with Crippen LogP contribution >= 0.6 is 0 Å². The van der Waals surface area contributed by atoms with Crippen LogP contribution in [0.25, 0.3) is 0 Å². The first-order valence-electron chi connectivity index (χ1n) is 8.41. The van der Waals surface area contributed by atoms with Gasteiger partial charge in [0.2, 0.25) is 11.8 Å². The summed E-state index contributed by atoms with van der Waals surface area (Å²) in [6.45, 7) is 9.88. The van der Waals surface area contributed by atoms with Crippen LogP contribution in [0.15, 0.2) is 24.3 Å². The molecule has 0 aromatic heterocycles. The van der Waals surface area contributed by atoms with Crippen molar-refractivity contribution in [2.24, 2.45) is 5.92 Å². The average molecular weight is 318 g/mol. The fraction of sp³-hybridized carbons (Fsp3) is 0.579. The van der Waals surface area contributed by atoms with E-state index in [4.69, 9.17) is 0 Å². The molecule has 2 amide bonds. The zero-order valence-electron chi connectivity index (χ0n) is 15.0. The van der Waals surface area contributed by atoms with Gasteiger partial charge in [-0.05, 0) is 38.2 Å². The van der Waals surface area contributed by atoms with Crippen molar-refractivity contribution >= 4 is 11.8 Å². The molecular weight excluding hydrogens is 288 g/mol. The summed E-state index contributed by atoms with van der Waals surface area (Å²) < 4.78 is 0. The van der Waals surface area contributed by atoms with E-state index in [2.05, 4.69) is 24.5 Å². The summed E-state index contributed by atoms with van der Waals surface area (Å²) in [4.78, 5) is 23.7. The highest BCUT2D eigenvalue weighted by molar-refractivity contribution is 5.79. The fourth-order valence-corrected chi connectivity index (χ4v) is 2.47. The molecule has 0 heterocycles. The van der Waals surface area contributed by atoms with E-state index in [0.717, 1.165) is 24.0 Å². The first-order chi connectivity index (χ1) is 10.8. The van der Waals surface area contributed by atoms with Crippen LogP contribution in [0.4, 0.5) is 0 Å². The van der Waals surface area contributed by atoms with Crippen molar-refractivity contribution in [1.82, 2.24) is 10.6 Å². The van der Waals surface area contributed by atoms with Crippen LogP contribution < -0.4 is 10.6 Å². The second kappa shape index (κ2) is 9.33. The number of carbonyl (C=O) groups is 2. The second-order valence-electron chi connectivity index (χ2n) is 6.81. The highest BCUT2D eigenvalue weighted by atomic mass is 16.2. The highest BCUT2D eigenvalue weighted by Gasteiger charge is 2.18. The Morgan fingerprint density at radius 1 is 1.00 bits per heavy atom. The van der Waals surface area contributed by atoms with Gasteiger partial charge in [0, 0.05) is 13.0 Å². The van der Waals surface area contributed by atoms with E-state index in [9.17, 15) is 9.59 Å². The quantitative estimate of drug-likeness (QED) is 0.770. The fourth-order valence-electron chi connectivity index (χ4n) is 2.47. The van der Waals surface area contributed by atoms with E-state index < -0.39 is 0 Å². The molecule has 0 aliphatic rings. The molecule has 1 rings (SSSR count). The molecule has 0 spiro atoms. The molecule has 0 aliphatic carbocycles. The monoisotopic (exact) mass is 318 g/mol. The van der Waals surface area contributed by atoms with E-state index in [-0.39, 0.29) is 30.3 Å². The molecule has 0 radical (unpaired) electrons. The van der Waals surface area contributed by atoms with E-state index in [1.54, 1.807) is 0 Å². The van der Waals surface area contributed by atoms with Crippen LogP contribution in [0.2, 0.25) is 0 Å². The van der Waals surface area contributed by atoms with Crippen molar-refractivity contribution in [2.75, 3.05) is 0 Å². The third-order valence-corrected chi connectivity index (χ3v) is 3.83. The SMILES string of the molecule is CC(=O)NC(CC(=O)NC(C)CCC(C)C)c1ccc(C)cc1. The predicted molar refractivity (Wildman–Crippen MR) is 94.0 cm³/mol. The van der Waals surface area contributed by atoms with Crippen molar-refractivity contribution in [3.63, 3.8) is 0 Å². The van der Waals surface area contributed by atoms with Gasteiger partial charge in [0.25, 0.3) is 0 Å². The molecule has 2 unspecified atom stereocenters. The number of rotatable bonds is 8.